The van der Waals surface area contributed by atoms with Gasteiger partial charge in [-0.1, -0.05) is 30.3 Å². The van der Waals surface area contributed by atoms with Gasteiger partial charge in [-0.2, -0.15) is 14.6 Å². The van der Waals surface area contributed by atoms with Crippen molar-refractivity contribution in [1.29, 1.82) is 5.26 Å². The van der Waals surface area contributed by atoms with Gasteiger partial charge in [-0.3, -0.25) is 0 Å². The van der Waals surface area contributed by atoms with Crippen LogP contribution in [0.3, 0.4) is 0 Å². The molecular weight excluding hydrogens is 258 g/mol. The number of aliphatic imine (C=N–C) groups is 1. The molecule has 0 amide bonds. The maximum atomic E-state index is 13.1. The molecule has 0 saturated carbocycles. The van der Waals surface area contributed by atoms with Crippen molar-refractivity contribution in [2.45, 2.75) is 9.79 Å². The van der Waals surface area contributed by atoms with Crippen molar-refractivity contribution in [3.8, 4) is 6.19 Å². The third-order valence-electron chi connectivity index (χ3n) is 2.86. The first kappa shape index (κ1) is 11.6. The van der Waals surface area contributed by atoms with Crippen molar-refractivity contribution < 1.29 is 4.21 Å². The van der Waals surface area contributed by atoms with Crippen LogP contribution in [0, 0.1) is 11.5 Å². The van der Waals surface area contributed by atoms with Crippen LogP contribution in [0.2, 0.25) is 0 Å². The first-order valence-corrected chi connectivity index (χ1v) is 7.15. The summed E-state index contributed by atoms with van der Waals surface area (Å²) in [4.78, 5) is 4.91. The summed E-state index contributed by atoms with van der Waals surface area (Å²) >= 11 is 0. The van der Waals surface area contributed by atoms with Crippen LogP contribution in [0.25, 0.3) is 0 Å². The minimum absolute atomic E-state index is 0.243. The minimum atomic E-state index is -2.72. The molecule has 0 N–H and O–H groups in total. The highest BCUT2D eigenvalue weighted by atomic mass is 32.2. The zero-order valence-electron chi connectivity index (χ0n) is 9.85. The van der Waals surface area contributed by atoms with Crippen LogP contribution < -0.4 is 0 Å². The van der Waals surface area contributed by atoms with Gasteiger partial charge in [0, 0.05) is 5.56 Å². The number of rotatable bonds is 1. The Kier molecular flexibility index (Phi) is 2.65. The lowest BCUT2D eigenvalue weighted by atomic mass is 10.2. The van der Waals surface area contributed by atoms with Crippen LogP contribution in [-0.2, 0) is 9.73 Å². The van der Waals surface area contributed by atoms with E-state index in [2.05, 4.69) is 9.36 Å². The highest BCUT2D eigenvalue weighted by molar-refractivity contribution is 7.94. The predicted molar refractivity (Wildman–Crippen MR) is 72.1 cm³/mol. The summed E-state index contributed by atoms with van der Waals surface area (Å²) in [5, 5.41) is 8.70. The van der Waals surface area contributed by atoms with Gasteiger partial charge in [0.05, 0.1) is 9.79 Å². The molecule has 0 saturated heterocycles. The van der Waals surface area contributed by atoms with E-state index in [0.717, 1.165) is 0 Å². The average molecular weight is 267 g/mol. The standard InChI is InChI=1S/C14H9N3OS/c15-10-16-14-12-8-4-5-9-13(12)19(18,17-14)11-6-2-1-3-7-11/h1-9H/t19-/m1/s1. The van der Waals surface area contributed by atoms with E-state index < -0.39 is 9.73 Å². The average Bonchev–Trinajstić information content (AvgIpc) is 2.75. The molecule has 0 spiro atoms. The van der Waals surface area contributed by atoms with Gasteiger partial charge in [-0.25, -0.2) is 4.21 Å². The topological polar surface area (TPSA) is 65.6 Å². The number of benzene rings is 2. The fourth-order valence-electron chi connectivity index (χ4n) is 2.03. The maximum absolute atomic E-state index is 13.1. The van der Waals surface area contributed by atoms with Gasteiger partial charge >= 0.3 is 0 Å². The number of nitrogens with zero attached hydrogens (tertiary/aromatic N) is 3. The quantitative estimate of drug-likeness (QED) is 0.746. The molecule has 0 bridgehead atoms. The van der Waals surface area contributed by atoms with E-state index in [4.69, 9.17) is 5.26 Å². The summed E-state index contributed by atoms with van der Waals surface area (Å²) < 4.78 is 17.3. The summed E-state index contributed by atoms with van der Waals surface area (Å²) in [7, 11) is -2.72. The summed E-state index contributed by atoms with van der Waals surface area (Å²) in [5.74, 6) is 0.243. The zero-order valence-corrected chi connectivity index (χ0v) is 10.7. The fraction of sp³-hybridized carbons (Fsp3) is 0. The second-order valence-electron chi connectivity index (χ2n) is 3.96. The Balaban J connectivity index is 2.36. The fourth-order valence-corrected chi connectivity index (χ4v) is 4.11. The van der Waals surface area contributed by atoms with E-state index in [0.29, 0.717) is 15.4 Å². The van der Waals surface area contributed by atoms with E-state index >= 15 is 0 Å². The second kappa shape index (κ2) is 4.34. The van der Waals surface area contributed by atoms with Crippen molar-refractivity contribution in [3.05, 3.63) is 60.2 Å². The van der Waals surface area contributed by atoms with E-state index in [1.54, 1.807) is 30.5 Å². The van der Waals surface area contributed by atoms with Crippen molar-refractivity contribution in [1.82, 2.24) is 0 Å². The molecule has 1 atom stereocenters. The monoisotopic (exact) mass is 267 g/mol. The molecule has 3 rings (SSSR count). The number of fused-ring (bicyclic) bond motifs is 1. The number of nitriles is 1. The summed E-state index contributed by atoms with van der Waals surface area (Å²) in [6.45, 7) is 0. The molecule has 0 unspecified atom stereocenters. The molecular formula is C14H9N3OS. The molecule has 0 radical (unpaired) electrons. The van der Waals surface area contributed by atoms with Gasteiger partial charge in [0.2, 0.25) is 6.19 Å². The Bertz CT molecular complexity index is 825. The molecule has 5 heteroatoms. The first-order chi connectivity index (χ1) is 9.25. The molecule has 2 aromatic carbocycles. The summed E-state index contributed by atoms with van der Waals surface area (Å²) in [6.07, 6.45) is 1.71. The van der Waals surface area contributed by atoms with Gasteiger partial charge in [-0.05, 0) is 24.3 Å². The summed E-state index contributed by atoms with van der Waals surface area (Å²) in [6, 6.07) is 16.2. The van der Waals surface area contributed by atoms with E-state index in [-0.39, 0.29) is 5.84 Å². The predicted octanol–water partition coefficient (Wildman–Crippen LogP) is 2.81. The highest BCUT2D eigenvalue weighted by Gasteiger charge is 2.28. The number of amidine groups is 1. The Morgan fingerprint density at radius 1 is 1.05 bits per heavy atom. The third kappa shape index (κ3) is 1.74. The Labute approximate surface area is 111 Å². The first-order valence-electron chi connectivity index (χ1n) is 5.64. The van der Waals surface area contributed by atoms with E-state index in [1.165, 1.54) is 0 Å². The molecule has 19 heavy (non-hydrogen) atoms. The van der Waals surface area contributed by atoms with Crippen molar-refractivity contribution in [2.24, 2.45) is 9.36 Å². The zero-order chi connectivity index (χ0) is 13.3. The van der Waals surface area contributed by atoms with Crippen molar-refractivity contribution in [3.63, 3.8) is 0 Å². The minimum Gasteiger partial charge on any atom is -0.239 e. The lowest BCUT2D eigenvalue weighted by Crippen LogP contribution is -1.98. The smallest absolute Gasteiger partial charge is 0.207 e. The molecule has 92 valence electrons. The summed E-state index contributed by atoms with van der Waals surface area (Å²) in [5.41, 5.74) is 0.665. The maximum Gasteiger partial charge on any atom is 0.207 e. The molecule has 0 fully saturated rings. The molecule has 1 aliphatic heterocycles. The molecule has 2 aromatic rings. The van der Waals surface area contributed by atoms with Crippen molar-refractivity contribution in [2.75, 3.05) is 0 Å². The Morgan fingerprint density at radius 3 is 2.47 bits per heavy atom. The molecule has 0 aliphatic carbocycles. The Morgan fingerprint density at radius 2 is 1.74 bits per heavy atom. The highest BCUT2D eigenvalue weighted by Crippen LogP contribution is 2.32. The van der Waals surface area contributed by atoms with Gasteiger partial charge < -0.3 is 0 Å². The molecule has 0 aromatic heterocycles. The molecule has 1 aliphatic rings. The van der Waals surface area contributed by atoms with Crippen LogP contribution >= 0.6 is 0 Å². The van der Waals surface area contributed by atoms with Crippen LogP contribution in [0.4, 0.5) is 0 Å². The molecule has 1 heterocycles. The molecule has 4 nitrogen and oxygen atoms in total. The van der Waals surface area contributed by atoms with Crippen LogP contribution in [-0.4, -0.2) is 10.0 Å². The normalized spacial score (nSPS) is 22.6. The lowest BCUT2D eigenvalue weighted by molar-refractivity contribution is 0.678. The van der Waals surface area contributed by atoms with Crippen LogP contribution in [0.15, 0.2) is 73.7 Å². The Hall–Kier alpha value is -2.45. The third-order valence-corrected chi connectivity index (χ3v) is 5.15. The second-order valence-corrected chi connectivity index (χ2v) is 6.11. The van der Waals surface area contributed by atoms with E-state index in [1.807, 2.05) is 30.3 Å². The largest absolute Gasteiger partial charge is 0.239 e. The van der Waals surface area contributed by atoms with Crippen molar-refractivity contribution >= 4 is 15.6 Å². The SMILES string of the molecule is N#CN=C1N=[S@@](=O)(c2ccccc2)c2ccccc21. The number of hydrogen-bond acceptors (Lipinski definition) is 3. The number of hydrogen-bond donors (Lipinski definition) is 0. The van der Waals surface area contributed by atoms with E-state index in [9.17, 15) is 4.21 Å². The van der Waals surface area contributed by atoms with Crippen LogP contribution in [0.1, 0.15) is 5.56 Å². The van der Waals surface area contributed by atoms with Gasteiger partial charge in [0.15, 0.2) is 5.84 Å². The van der Waals surface area contributed by atoms with Crippen LogP contribution in [0.5, 0.6) is 0 Å². The van der Waals surface area contributed by atoms with Gasteiger partial charge in [0.1, 0.15) is 9.73 Å². The lowest BCUT2D eigenvalue weighted by Gasteiger charge is -2.05. The van der Waals surface area contributed by atoms with Gasteiger partial charge in [0.25, 0.3) is 0 Å². The van der Waals surface area contributed by atoms with Gasteiger partial charge in [-0.15, -0.1) is 0 Å².